The number of halogens is 1. The summed E-state index contributed by atoms with van der Waals surface area (Å²) in [5.74, 6) is 0.597. The third-order valence-corrected chi connectivity index (χ3v) is 3.36. The number of nitrogens with two attached hydrogens (primary N) is 1. The van der Waals surface area contributed by atoms with Crippen molar-refractivity contribution in [2.45, 2.75) is 26.3 Å². The molecule has 0 atom stereocenters. The van der Waals surface area contributed by atoms with Crippen molar-refractivity contribution in [1.82, 2.24) is 9.97 Å². The van der Waals surface area contributed by atoms with Gasteiger partial charge < -0.3 is 11.1 Å². The quantitative estimate of drug-likeness (QED) is 0.899. The van der Waals surface area contributed by atoms with E-state index in [1.807, 2.05) is 32.3 Å². The average Bonchev–Trinajstić information content (AvgIpc) is 2.39. The van der Waals surface area contributed by atoms with Gasteiger partial charge in [-0.15, -0.1) is 0 Å². The molecule has 0 aliphatic heterocycles. The lowest BCUT2D eigenvalue weighted by molar-refractivity contribution is 0.547. The molecule has 0 saturated carbocycles. The number of hydrogen-bond acceptors (Lipinski definition) is 4. The molecule has 0 aliphatic carbocycles. The summed E-state index contributed by atoms with van der Waals surface area (Å²) in [6, 6.07) is 6.17. The van der Waals surface area contributed by atoms with Gasteiger partial charge in [0.2, 0.25) is 5.95 Å². The third-order valence-electron chi connectivity index (χ3n) is 2.86. The fourth-order valence-corrected chi connectivity index (χ4v) is 2.13. The van der Waals surface area contributed by atoms with Crippen LogP contribution in [0.4, 0.5) is 5.95 Å². The van der Waals surface area contributed by atoms with Gasteiger partial charge in [0.15, 0.2) is 0 Å². The Morgan fingerprint density at radius 2 is 1.90 bits per heavy atom. The third kappa shape index (κ3) is 4.02. The summed E-state index contributed by atoms with van der Waals surface area (Å²) in [6.07, 6.45) is 3.65. The van der Waals surface area contributed by atoms with Crippen LogP contribution in [0.2, 0.25) is 0 Å². The van der Waals surface area contributed by atoms with E-state index in [4.69, 9.17) is 5.73 Å². The van der Waals surface area contributed by atoms with Crippen molar-refractivity contribution < 1.29 is 0 Å². The molecule has 0 saturated heterocycles. The number of benzene rings is 1. The Kier molecular flexibility index (Phi) is 4.40. The monoisotopic (exact) mass is 334 g/mol. The first-order valence-electron chi connectivity index (χ1n) is 6.46. The first kappa shape index (κ1) is 14.9. The van der Waals surface area contributed by atoms with E-state index in [1.165, 1.54) is 5.56 Å². The van der Waals surface area contributed by atoms with Crippen LogP contribution in [-0.2, 0) is 0 Å². The fraction of sp³-hybridized carbons (Fsp3) is 0.333. The van der Waals surface area contributed by atoms with Gasteiger partial charge in [0, 0.05) is 34.5 Å². The molecule has 106 valence electrons. The lowest BCUT2D eigenvalue weighted by Gasteiger charge is -2.18. The van der Waals surface area contributed by atoms with Gasteiger partial charge in [-0.25, -0.2) is 9.97 Å². The molecule has 0 spiro atoms. The zero-order valence-electron chi connectivity index (χ0n) is 11.9. The Labute approximate surface area is 128 Å². The van der Waals surface area contributed by atoms with Gasteiger partial charge in [-0.1, -0.05) is 22.0 Å². The number of hydrogen-bond donors (Lipinski definition) is 2. The first-order valence-corrected chi connectivity index (χ1v) is 7.26. The largest absolute Gasteiger partial charge is 0.352 e. The molecule has 0 fully saturated rings. The Balaban J connectivity index is 2.18. The molecule has 1 heterocycles. The van der Waals surface area contributed by atoms with Crippen LogP contribution in [0.5, 0.6) is 0 Å². The van der Waals surface area contributed by atoms with Crippen molar-refractivity contribution in [3.8, 4) is 11.1 Å². The van der Waals surface area contributed by atoms with E-state index in [0.717, 1.165) is 15.6 Å². The van der Waals surface area contributed by atoms with Gasteiger partial charge in [0.05, 0.1) is 0 Å². The van der Waals surface area contributed by atoms with E-state index in [1.54, 1.807) is 0 Å². The topological polar surface area (TPSA) is 63.8 Å². The van der Waals surface area contributed by atoms with Crippen LogP contribution in [0.25, 0.3) is 11.1 Å². The van der Waals surface area contributed by atoms with E-state index in [9.17, 15) is 0 Å². The van der Waals surface area contributed by atoms with Crippen LogP contribution < -0.4 is 11.1 Å². The number of anilines is 1. The highest BCUT2D eigenvalue weighted by atomic mass is 79.9. The number of aromatic nitrogens is 2. The van der Waals surface area contributed by atoms with Gasteiger partial charge >= 0.3 is 0 Å². The second-order valence-electron chi connectivity index (χ2n) is 5.60. The normalized spacial score (nSPS) is 11.4. The Morgan fingerprint density at radius 1 is 1.25 bits per heavy atom. The highest BCUT2D eigenvalue weighted by Crippen LogP contribution is 2.26. The van der Waals surface area contributed by atoms with E-state index < -0.39 is 0 Å². The summed E-state index contributed by atoms with van der Waals surface area (Å²) in [6.45, 7) is 6.62. The van der Waals surface area contributed by atoms with E-state index in [2.05, 4.69) is 50.3 Å². The number of rotatable bonds is 4. The fourth-order valence-electron chi connectivity index (χ4n) is 1.77. The smallest absolute Gasteiger partial charge is 0.222 e. The molecule has 1 aromatic heterocycles. The Morgan fingerprint density at radius 3 is 2.50 bits per heavy atom. The maximum atomic E-state index is 5.92. The van der Waals surface area contributed by atoms with Crippen LogP contribution in [0, 0.1) is 6.92 Å². The Hall–Kier alpha value is -1.46. The molecule has 2 aromatic rings. The molecule has 5 heteroatoms. The van der Waals surface area contributed by atoms with Crippen LogP contribution in [0.1, 0.15) is 19.4 Å². The van der Waals surface area contributed by atoms with Crippen molar-refractivity contribution in [2.75, 3.05) is 11.9 Å². The van der Waals surface area contributed by atoms with Gasteiger partial charge in [-0.3, -0.25) is 0 Å². The van der Waals surface area contributed by atoms with Gasteiger partial charge in [0.1, 0.15) is 0 Å². The summed E-state index contributed by atoms with van der Waals surface area (Å²) in [4.78, 5) is 8.67. The molecule has 0 unspecified atom stereocenters. The van der Waals surface area contributed by atoms with Gasteiger partial charge in [-0.05, 0) is 44.0 Å². The van der Waals surface area contributed by atoms with Crippen LogP contribution in [0.15, 0.2) is 35.1 Å². The number of nitrogens with zero attached hydrogens (tertiary/aromatic N) is 2. The summed E-state index contributed by atoms with van der Waals surface area (Å²) in [5, 5.41) is 3.13. The van der Waals surface area contributed by atoms with Gasteiger partial charge in [0.25, 0.3) is 0 Å². The zero-order chi connectivity index (χ0) is 14.8. The molecule has 20 heavy (non-hydrogen) atoms. The molecule has 0 bridgehead atoms. The van der Waals surface area contributed by atoms with E-state index >= 15 is 0 Å². The summed E-state index contributed by atoms with van der Waals surface area (Å²) >= 11 is 3.49. The van der Waals surface area contributed by atoms with Crippen molar-refractivity contribution >= 4 is 21.9 Å². The minimum Gasteiger partial charge on any atom is -0.352 e. The average molecular weight is 335 g/mol. The number of aryl methyl sites for hydroxylation is 1. The molecular formula is C15H19BrN4. The molecule has 0 radical (unpaired) electrons. The first-order chi connectivity index (χ1) is 9.35. The second-order valence-corrected chi connectivity index (χ2v) is 6.51. The molecule has 4 nitrogen and oxygen atoms in total. The lowest BCUT2D eigenvalue weighted by Crippen LogP contribution is -2.39. The minimum atomic E-state index is -0.289. The highest BCUT2D eigenvalue weighted by Gasteiger charge is 2.11. The number of nitrogens with one attached hydrogen (secondary N) is 1. The standard InChI is InChI=1S/C15H19BrN4/c1-10-4-5-12(16)6-13(10)11-7-18-14(19-8-11)20-9-15(2,3)17/h4-8H,9,17H2,1-3H3,(H,18,19,20). The van der Waals surface area contributed by atoms with Crippen molar-refractivity contribution in [2.24, 2.45) is 5.73 Å². The van der Waals surface area contributed by atoms with Crippen LogP contribution in [0.3, 0.4) is 0 Å². The predicted molar refractivity (Wildman–Crippen MR) is 86.7 cm³/mol. The maximum Gasteiger partial charge on any atom is 0.222 e. The summed E-state index contributed by atoms with van der Waals surface area (Å²) in [7, 11) is 0. The summed E-state index contributed by atoms with van der Waals surface area (Å²) in [5.41, 5.74) is 8.95. The highest BCUT2D eigenvalue weighted by molar-refractivity contribution is 9.10. The van der Waals surface area contributed by atoms with Crippen molar-refractivity contribution in [1.29, 1.82) is 0 Å². The SMILES string of the molecule is Cc1ccc(Br)cc1-c1cnc(NCC(C)(C)N)nc1. The van der Waals surface area contributed by atoms with E-state index in [-0.39, 0.29) is 5.54 Å². The molecule has 0 aliphatic rings. The molecular weight excluding hydrogens is 316 g/mol. The second kappa shape index (κ2) is 5.89. The molecule has 2 rings (SSSR count). The summed E-state index contributed by atoms with van der Waals surface area (Å²) < 4.78 is 1.05. The van der Waals surface area contributed by atoms with E-state index in [0.29, 0.717) is 12.5 Å². The molecule has 3 N–H and O–H groups in total. The molecule has 0 amide bonds. The Bertz CT molecular complexity index is 588. The maximum absolute atomic E-state index is 5.92. The lowest BCUT2D eigenvalue weighted by atomic mass is 10.0. The van der Waals surface area contributed by atoms with Crippen LogP contribution in [-0.4, -0.2) is 22.1 Å². The predicted octanol–water partition coefficient (Wildman–Crippen LogP) is 3.36. The minimum absolute atomic E-state index is 0.289. The molecule has 1 aromatic carbocycles. The van der Waals surface area contributed by atoms with Crippen molar-refractivity contribution in [3.05, 3.63) is 40.6 Å². The van der Waals surface area contributed by atoms with Gasteiger partial charge in [-0.2, -0.15) is 0 Å². The van der Waals surface area contributed by atoms with Crippen molar-refractivity contribution in [3.63, 3.8) is 0 Å². The van der Waals surface area contributed by atoms with Crippen LogP contribution >= 0.6 is 15.9 Å². The zero-order valence-corrected chi connectivity index (χ0v) is 13.5.